The van der Waals surface area contributed by atoms with Crippen molar-refractivity contribution < 1.29 is 19.4 Å². The van der Waals surface area contributed by atoms with Crippen molar-refractivity contribution in [3.63, 3.8) is 0 Å². The van der Waals surface area contributed by atoms with Gasteiger partial charge in [-0.1, -0.05) is 17.7 Å². The summed E-state index contributed by atoms with van der Waals surface area (Å²) in [4.78, 5) is 24.5. The molecule has 0 saturated heterocycles. The van der Waals surface area contributed by atoms with Gasteiger partial charge >= 0.3 is 5.97 Å². The number of benzene rings is 1. The van der Waals surface area contributed by atoms with Gasteiger partial charge < -0.3 is 14.7 Å². The first-order chi connectivity index (χ1) is 9.35. The third kappa shape index (κ3) is 4.26. The number of hydrogen-bond acceptors (Lipinski definition) is 3. The van der Waals surface area contributed by atoms with Gasteiger partial charge in [0.1, 0.15) is 12.3 Å². The van der Waals surface area contributed by atoms with Crippen LogP contribution >= 0.6 is 0 Å². The number of rotatable bonds is 6. The van der Waals surface area contributed by atoms with E-state index in [-0.39, 0.29) is 24.9 Å². The molecule has 0 aliphatic rings. The van der Waals surface area contributed by atoms with E-state index in [4.69, 9.17) is 9.84 Å². The standard InChI is InChI=1S/C15H21NO4/c1-10(2)16(9-15(18)19)14(17)8-12-7-11(3)5-6-13(12)20-4/h5-7,10H,8-9H2,1-4H3,(H,18,19). The van der Waals surface area contributed by atoms with Crippen LogP contribution in [0.4, 0.5) is 0 Å². The number of nitrogens with zero attached hydrogens (tertiary/aromatic N) is 1. The van der Waals surface area contributed by atoms with Gasteiger partial charge in [0.25, 0.3) is 0 Å². The molecule has 0 aliphatic carbocycles. The lowest BCUT2D eigenvalue weighted by atomic mass is 10.1. The number of carbonyl (C=O) groups is 2. The fourth-order valence-electron chi connectivity index (χ4n) is 2.01. The number of carboxylic acids is 1. The molecule has 1 aromatic carbocycles. The van der Waals surface area contributed by atoms with E-state index in [0.717, 1.165) is 11.1 Å². The molecule has 0 aliphatic heterocycles. The molecule has 0 heterocycles. The van der Waals surface area contributed by atoms with Crippen LogP contribution in [0.25, 0.3) is 0 Å². The molecule has 0 unspecified atom stereocenters. The number of methoxy groups -OCH3 is 1. The van der Waals surface area contributed by atoms with Crippen LogP contribution in [0.5, 0.6) is 5.75 Å². The molecule has 1 aromatic rings. The van der Waals surface area contributed by atoms with Crippen LogP contribution in [-0.4, -0.2) is 41.6 Å². The minimum absolute atomic E-state index is 0.135. The fourth-order valence-corrected chi connectivity index (χ4v) is 2.01. The molecule has 1 amide bonds. The van der Waals surface area contributed by atoms with E-state index in [1.54, 1.807) is 21.0 Å². The maximum atomic E-state index is 12.3. The normalized spacial score (nSPS) is 10.4. The molecule has 1 N–H and O–H groups in total. The molecule has 0 radical (unpaired) electrons. The van der Waals surface area contributed by atoms with E-state index < -0.39 is 5.97 Å². The predicted octanol–water partition coefficient (Wildman–Crippen LogP) is 1.87. The Morgan fingerprint density at radius 2 is 2.00 bits per heavy atom. The van der Waals surface area contributed by atoms with Crippen molar-refractivity contribution in [2.24, 2.45) is 0 Å². The summed E-state index contributed by atoms with van der Waals surface area (Å²) in [6, 6.07) is 5.45. The molecule has 5 nitrogen and oxygen atoms in total. The van der Waals surface area contributed by atoms with Crippen LogP contribution in [0.3, 0.4) is 0 Å². The lowest BCUT2D eigenvalue weighted by Crippen LogP contribution is -2.41. The highest BCUT2D eigenvalue weighted by atomic mass is 16.5. The summed E-state index contributed by atoms with van der Waals surface area (Å²) in [5, 5.41) is 8.87. The predicted molar refractivity (Wildman–Crippen MR) is 75.9 cm³/mol. The van der Waals surface area contributed by atoms with E-state index in [2.05, 4.69) is 0 Å². The number of carbonyl (C=O) groups excluding carboxylic acids is 1. The number of hydrogen-bond donors (Lipinski definition) is 1. The summed E-state index contributed by atoms with van der Waals surface area (Å²) in [5.74, 6) is -0.586. The Hall–Kier alpha value is -2.04. The van der Waals surface area contributed by atoms with Gasteiger partial charge in [0, 0.05) is 11.6 Å². The van der Waals surface area contributed by atoms with Gasteiger partial charge in [0.05, 0.1) is 13.5 Å². The van der Waals surface area contributed by atoms with Crippen molar-refractivity contribution in [2.45, 2.75) is 33.2 Å². The summed E-state index contributed by atoms with van der Waals surface area (Å²) in [5.41, 5.74) is 1.80. The average Bonchev–Trinajstić information content (AvgIpc) is 2.35. The van der Waals surface area contributed by atoms with Gasteiger partial charge in [-0.15, -0.1) is 0 Å². The molecule has 0 spiro atoms. The lowest BCUT2D eigenvalue weighted by Gasteiger charge is -2.25. The van der Waals surface area contributed by atoms with Gasteiger partial charge in [-0.25, -0.2) is 0 Å². The fraction of sp³-hybridized carbons (Fsp3) is 0.467. The number of ether oxygens (including phenoxy) is 1. The van der Waals surface area contributed by atoms with E-state index >= 15 is 0 Å². The molecule has 0 fully saturated rings. The van der Waals surface area contributed by atoms with Gasteiger partial charge in [0.15, 0.2) is 0 Å². The van der Waals surface area contributed by atoms with Crippen molar-refractivity contribution >= 4 is 11.9 Å². The second kappa shape index (κ2) is 6.93. The summed E-state index contributed by atoms with van der Waals surface area (Å²) >= 11 is 0. The quantitative estimate of drug-likeness (QED) is 0.863. The van der Waals surface area contributed by atoms with Gasteiger partial charge in [-0.2, -0.15) is 0 Å². The SMILES string of the molecule is COc1ccc(C)cc1CC(=O)N(CC(=O)O)C(C)C. The van der Waals surface area contributed by atoms with E-state index in [9.17, 15) is 9.59 Å². The molecule has 0 aromatic heterocycles. The third-order valence-corrected chi connectivity index (χ3v) is 3.03. The maximum Gasteiger partial charge on any atom is 0.323 e. The molecule has 1 rings (SSSR count). The highest BCUT2D eigenvalue weighted by Gasteiger charge is 2.21. The maximum absolute atomic E-state index is 12.3. The molecule has 20 heavy (non-hydrogen) atoms. The number of aliphatic carboxylic acids is 1. The van der Waals surface area contributed by atoms with Gasteiger partial charge in [-0.3, -0.25) is 9.59 Å². The Morgan fingerprint density at radius 1 is 1.35 bits per heavy atom. The van der Waals surface area contributed by atoms with Crippen LogP contribution in [0.1, 0.15) is 25.0 Å². The topological polar surface area (TPSA) is 66.8 Å². The second-order valence-corrected chi connectivity index (χ2v) is 5.00. The van der Waals surface area contributed by atoms with Crippen molar-refractivity contribution in [1.29, 1.82) is 0 Å². The largest absolute Gasteiger partial charge is 0.496 e. The highest BCUT2D eigenvalue weighted by molar-refractivity contribution is 5.83. The van der Waals surface area contributed by atoms with Crippen molar-refractivity contribution in [3.05, 3.63) is 29.3 Å². The number of amides is 1. The van der Waals surface area contributed by atoms with Gasteiger partial charge in [-0.05, 0) is 26.8 Å². The number of carboxylic acid groups (broad SMARTS) is 1. The zero-order chi connectivity index (χ0) is 15.3. The summed E-state index contributed by atoms with van der Waals surface area (Å²) in [7, 11) is 1.55. The van der Waals surface area contributed by atoms with Crippen molar-refractivity contribution in [3.8, 4) is 5.75 Å². The van der Waals surface area contributed by atoms with Crippen LogP contribution in [-0.2, 0) is 16.0 Å². The Morgan fingerprint density at radius 3 is 2.50 bits per heavy atom. The lowest BCUT2D eigenvalue weighted by molar-refractivity contribution is -0.145. The minimum atomic E-state index is -1.01. The van der Waals surface area contributed by atoms with E-state index in [0.29, 0.717) is 5.75 Å². The molecular formula is C15H21NO4. The summed E-state index contributed by atoms with van der Waals surface area (Å²) < 4.78 is 5.24. The first-order valence-corrected chi connectivity index (χ1v) is 6.50. The Balaban J connectivity index is 2.93. The van der Waals surface area contributed by atoms with Gasteiger partial charge in [0.2, 0.25) is 5.91 Å². The molecule has 0 bridgehead atoms. The van der Waals surface area contributed by atoms with Crippen LogP contribution in [0.2, 0.25) is 0 Å². The van der Waals surface area contributed by atoms with Crippen molar-refractivity contribution in [2.75, 3.05) is 13.7 Å². The summed E-state index contributed by atoms with van der Waals surface area (Å²) in [6.45, 7) is 5.25. The Kier molecular flexibility index (Phi) is 5.55. The van der Waals surface area contributed by atoms with Crippen LogP contribution in [0.15, 0.2) is 18.2 Å². The zero-order valence-electron chi connectivity index (χ0n) is 12.3. The molecule has 5 heteroatoms. The third-order valence-electron chi connectivity index (χ3n) is 3.03. The van der Waals surface area contributed by atoms with Crippen molar-refractivity contribution in [1.82, 2.24) is 4.90 Å². The molecule has 0 saturated carbocycles. The Bertz CT molecular complexity index is 497. The van der Waals surface area contributed by atoms with Crippen LogP contribution < -0.4 is 4.74 Å². The molecule has 110 valence electrons. The molecular weight excluding hydrogens is 258 g/mol. The smallest absolute Gasteiger partial charge is 0.323 e. The van der Waals surface area contributed by atoms with E-state index in [1.165, 1.54) is 4.90 Å². The van der Waals surface area contributed by atoms with Crippen LogP contribution in [0, 0.1) is 6.92 Å². The first-order valence-electron chi connectivity index (χ1n) is 6.50. The van der Waals surface area contributed by atoms with E-state index in [1.807, 2.05) is 25.1 Å². The minimum Gasteiger partial charge on any atom is -0.496 e. The monoisotopic (exact) mass is 279 g/mol. The highest BCUT2D eigenvalue weighted by Crippen LogP contribution is 2.21. The second-order valence-electron chi connectivity index (χ2n) is 5.00. The zero-order valence-corrected chi connectivity index (χ0v) is 12.3. The summed E-state index contributed by atoms with van der Waals surface area (Å²) in [6.07, 6.45) is 0.135. The number of aryl methyl sites for hydroxylation is 1. The first kappa shape index (κ1) is 16.0. The molecule has 0 atom stereocenters. The average molecular weight is 279 g/mol. The Labute approximate surface area is 119 Å².